The van der Waals surface area contributed by atoms with Crippen molar-refractivity contribution in [3.05, 3.63) is 75.9 Å². The zero-order valence-electron chi connectivity index (χ0n) is 23.1. The minimum atomic E-state index is -5.86. The number of carbonyl (C=O) groups is 1. The average molecular weight is 571 g/mol. The van der Waals surface area contributed by atoms with Crippen molar-refractivity contribution >= 4 is 12.0 Å². The standard InChI is InChI=1S/C30H32F6O4/c1-7-27(8-2,24-12-9-22(20(3)17-24)11-14-26(37)39-6)25-13-10-23(21(4)18-25)15-16-28(29(31,32)33,30(34,35)36)40-19-38-5/h9-14,17-18H,7-8,19H2,1-6H3/b14-11+. The van der Waals surface area contributed by atoms with Crippen LogP contribution < -0.4 is 0 Å². The van der Waals surface area contributed by atoms with Crippen molar-refractivity contribution in [2.24, 2.45) is 0 Å². The van der Waals surface area contributed by atoms with Crippen LogP contribution in [0, 0.1) is 25.7 Å². The number of esters is 1. The van der Waals surface area contributed by atoms with Gasteiger partial charge in [-0.3, -0.25) is 0 Å². The molecule has 0 unspecified atom stereocenters. The lowest BCUT2D eigenvalue weighted by Crippen LogP contribution is -2.58. The highest BCUT2D eigenvalue weighted by Crippen LogP contribution is 2.46. The van der Waals surface area contributed by atoms with Gasteiger partial charge >= 0.3 is 23.9 Å². The van der Waals surface area contributed by atoms with E-state index in [-0.39, 0.29) is 5.56 Å². The van der Waals surface area contributed by atoms with Gasteiger partial charge in [-0.15, -0.1) is 0 Å². The normalized spacial score (nSPS) is 12.8. The number of rotatable bonds is 9. The molecule has 2 aromatic carbocycles. The summed E-state index contributed by atoms with van der Waals surface area (Å²) in [6.45, 7) is 6.23. The number of hydrogen-bond donors (Lipinski definition) is 0. The lowest BCUT2D eigenvalue weighted by atomic mass is 9.69. The molecule has 0 atom stereocenters. The van der Waals surface area contributed by atoms with E-state index in [1.54, 1.807) is 25.1 Å². The third kappa shape index (κ3) is 6.70. The third-order valence-electron chi connectivity index (χ3n) is 6.97. The molecule has 0 aliphatic carbocycles. The smallest absolute Gasteiger partial charge is 0.438 e. The number of aryl methyl sites for hydroxylation is 2. The molecule has 0 N–H and O–H groups in total. The molecule has 0 saturated heterocycles. The van der Waals surface area contributed by atoms with Crippen LogP contribution in [0.1, 0.15) is 60.1 Å². The minimum Gasteiger partial charge on any atom is -0.466 e. The number of alkyl halides is 6. The van der Waals surface area contributed by atoms with Crippen molar-refractivity contribution in [1.29, 1.82) is 0 Å². The van der Waals surface area contributed by atoms with Crippen molar-refractivity contribution in [2.75, 3.05) is 21.0 Å². The molecule has 0 aromatic heterocycles. The fourth-order valence-electron chi connectivity index (χ4n) is 4.53. The first kappa shape index (κ1) is 32.9. The van der Waals surface area contributed by atoms with E-state index in [1.165, 1.54) is 25.2 Å². The van der Waals surface area contributed by atoms with E-state index in [2.05, 4.69) is 20.1 Å². The number of halogens is 6. The first-order valence-electron chi connectivity index (χ1n) is 12.4. The Labute approximate surface area is 230 Å². The van der Waals surface area contributed by atoms with E-state index in [0.717, 1.165) is 29.4 Å². The molecule has 0 aliphatic rings. The van der Waals surface area contributed by atoms with Gasteiger partial charge in [0.25, 0.3) is 0 Å². The third-order valence-corrected chi connectivity index (χ3v) is 6.97. The van der Waals surface area contributed by atoms with Crippen LogP contribution in [0.3, 0.4) is 0 Å². The van der Waals surface area contributed by atoms with Crippen molar-refractivity contribution < 1.29 is 45.3 Å². The molecule has 0 saturated carbocycles. The molecule has 0 fully saturated rings. The van der Waals surface area contributed by atoms with Gasteiger partial charge in [-0.2, -0.15) is 26.3 Å². The van der Waals surface area contributed by atoms with Crippen molar-refractivity contribution in [1.82, 2.24) is 0 Å². The second-order valence-electron chi connectivity index (χ2n) is 9.22. The highest BCUT2D eigenvalue weighted by molar-refractivity contribution is 5.87. The fourth-order valence-corrected chi connectivity index (χ4v) is 4.53. The summed E-state index contributed by atoms with van der Waals surface area (Å²) in [4.78, 5) is 11.5. The fraction of sp³-hybridized carbons (Fsp3) is 0.433. The molecule has 10 heteroatoms. The Balaban J connectivity index is 2.59. The molecular weight excluding hydrogens is 538 g/mol. The van der Waals surface area contributed by atoms with Gasteiger partial charge < -0.3 is 14.2 Å². The van der Waals surface area contributed by atoms with E-state index in [4.69, 9.17) is 0 Å². The maximum absolute atomic E-state index is 13.6. The highest BCUT2D eigenvalue weighted by atomic mass is 19.4. The number of ether oxygens (including phenoxy) is 3. The molecular formula is C30H32F6O4. The van der Waals surface area contributed by atoms with Crippen molar-refractivity contribution in [2.45, 2.75) is 63.9 Å². The van der Waals surface area contributed by atoms with Crippen LogP contribution in [0.5, 0.6) is 0 Å². The first-order valence-corrected chi connectivity index (χ1v) is 12.4. The van der Waals surface area contributed by atoms with Crippen LogP contribution in [0.25, 0.3) is 6.08 Å². The van der Waals surface area contributed by atoms with Gasteiger partial charge in [0.1, 0.15) is 6.79 Å². The number of hydrogen-bond acceptors (Lipinski definition) is 4. The van der Waals surface area contributed by atoms with Gasteiger partial charge in [0, 0.05) is 24.2 Å². The van der Waals surface area contributed by atoms with E-state index < -0.39 is 36.1 Å². The SMILES string of the molecule is CCC(CC)(c1ccc(C#CC(OCOC)(C(F)(F)F)C(F)(F)F)c(C)c1)c1ccc(/C=C/C(=O)OC)c(C)c1. The largest absolute Gasteiger partial charge is 0.466 e. The molecule has 4 nitrogen and oxygen atoms in total. The second kappa shape index (κ2) is 12.9. The van der Waals surface area contributed by atoms with Crippen LogP contribution in [0.2, 0.25) is 0 Å². The Kier molecular flexibility index (Phi) is 10.6. The van der Waals surface area contributed by atoms with Crippen molar-refractivity contribution in [3.8, 4) is 11.8 Å². The zero-order chi connectivity index (χ0) is 30.4. The summed E-state index contributed by atoms with van der Waals surface area (Å²) >= 11 is 0. The molecule has 0 amide bonds. The predicted octanol–water partition coefficient (Wildman–Crippen LogP) is 7.43. The first-order chi connectivity index (χ1) is 18.6. The molecule has 0 aliphatic heterocycles. The summed E-state index contributed by atoms with van der Waals surface area (Å²) in [5, 5.41) is 0. The van der Waals surface area contributed by atoms with Gasteiger partial charge in [0.15, 0.2) is 0 Å². The van der Waals surface area contributed by atoms with Gasteiger partial charge in [-0.1, -0.05) is 50.1 Å². The van der Waals surface area contributed by atoms with Crippen LogP contribution in [-0.2, 0) is 24.4 Å². The van der Waals surface area contributed by atoms with E-state index in [9.17, 15) is 31.1 Å². The number of methoxy groups -OCH3 is 2. The van der Waals surface area contributed by atoms with Gasteiger partial charge in [-0.25, -0.2) is 4.79 Å². The molecule has 0 heterocycles. The predicted molar refractivity (Wildman–Crippen MR) is 139 cm³/mol. The number of benzene rings is 2. The Bertz CT molecular complexity index is 1260. The van der Waals surface area contributed by atoms with Gasteiger partial charge in [0.2, 0.25) is 0 Å². The maximum Gasteiger partial charge on any atom is 0.438 e. The summed E-state index contributed by atoms with van der Waals surface area (Å²) in [6, 6.07) is 10.6. The Hall–Kier alpha value is -3.29. The molecule has 0 bridgehead atoms. The monoisotopic (exact) mass is 570 g/mol. The van der Waals surface area contributed by atoms with Crippen LogP contribution in [-0.4, -0.2) is 44.9 Å². The van der Waals surface area contributed by atoms with Crippen LogP contribution in [0.15, 0.2) is 42.5 Å². The van der Waals surface area contributed by atoms with E-state index in [1.807, 2.05) is 39.0 Å². The maximum atomic E-state index is 13.6. The Morgan fingerprint density at radius 3 is 1.88 bits per heavy atom. The van der Waals surface area contributed by atoms with Crippen LogP contribution in [0.4, 0.5) is 26.3 Å². The van der Waals surface area contributed by atoms with E-state index in [0.29, 0.717) is 18.4 Å². The summed E-state index contributed by atoms with van der Waals surface area (Å²) in [7, 11) is 2.20. The van der Waals surface area contributed by atoms with Crippen LogP contribution >= 0.6 is 0 Å². The topological polar surface area (TPSA) is 44.8 Å². The number of carbonyl (C=O) groups excluding carboxylic acids is 1. The quantitative estimate of drug-likeness (QED) is 0.103. The lowest BCUT2D eigenvalue weighted by molar-refractivity contribution is -0.368. The van der Waals surface area contributed by atoms with Gasteiger partial charge in [-0.05, 0) is 72.6 Å². The van der Waals surface area contributed by atoms with Gasteiger partial charge in [0.05, 0.1) is 7.11 Å². The molecule has 0 radical (unpaired) electrons. The highest BCUT2D eigenvalue weighted by Gasteiger charge is 2.72. The lowest BCUT2D eigenvalue weighted by Gasteiger charge is -2.34. The zero-order valence-corrected chi connectivity index (χ0v) is 23.1. The summed E-state index contributed by atoms with van der Waals surface area (Å²) in [6.07, 6.45) is -7.41. The molecule has 0 spiro atoms. The average Bonchev–Trinajstić information content (AvgIpc) is 2.88. The molecule has 2 rings (SSSR count). The summed E-state index contributed by atoms with van der Waals surface area (Å²) in [5.74, 6) is 2.90. The molecule has 40 heavy (non-hydrogen) atoms. The Morgan fingerprint density at radius 1 is 0.875 bits per heavy atom. The summed E-state index contributed by atoms with van der Waals surface area (Å²) < 4.78 is 94.9. The molecule has 2 aromatic rings. The Morgan fingerprint density at radius 2 is 1.43 bits per heavy atom. The summed E-state index contributed by atoms with van der Waals surface area (Å²) in [5.41, 5.74) is -1.23. The van der Waals surface area contributed by atoms with Crippen molar-refractivity contribution in [3.63, 3.8) is 0 Å². The minimum absolute atomic E-state index is 0.00299. The van der Waals surface area contributed by atoms with E-state index >= 15 is 0 Å². The second-order valence-corrected chi connectivity index (χ2v) is 9.22. The molecule has 218 valence electrons.